The zero-order valence-corrected chi connectivity index (χ0v) is 7.99. The second kappa shape index (κ2) is 2.89. The number of aryl methyl sites for hydroxylation is 1. The summed E-state index contributed by atoms with van der Waals surface area (Å²) in [6.45, 7) is 2.02. The highest BCUT2D eigenvalue weighted by Crippen LogP contribution is 2.23. The molecule has 68 valence electrons. The molecule has 2 rings (SSSR count). The van der Waals surface area contributed by atoms with Crippen LogP contribution >= 0.6 is 0 Å². The second-order valence-electron chi connectivity index (χ2n) is 3.50. The van der Waals surface area contributed by atoms with Gasteiger partial charge in [0.2, 0.25) is 0 Å². The molecule has 0 aliphatic heterocycles. The van der Waals surface area contributed by atoms with Gasteiger partial charge in [-0.1, -0.05) is 18.2 Å². The van der Waals surface area contributed by atoms with Crippen LogP contribution in [0.25, 0.3) is 10.9 Å². The molecule has 1 aromatic carbocycles. The summed E-state index contributed by atoms with van der Waals surface area (Å²) in [5, 5.41) is 1.26. The average Bonchev–Trinajstić information content (AvgIpc) is 2.48. The third-order valence-corrected chi connectivity index (χ3v) is 2.42. The molecule has 1 aromatic heterocycles. The van der Waals surface area contributed by atoms with Gasteiger partial charge in [0.05, 0.1) is 5.52 Å². The summed E-state index contributed by atoms with van der Waals surface area (Å²) in [5.74, 6) is 0. The van der Waals surface area contributed by atoms with Crippen LogP contribution in [0.4, 0.5) is 0 Å². The Bertz CT molecular complexity index is 427. The highest BCUT2D eigenvalue weighted by Gasteiger charge is 2.06. The van der Waals surface area contributed by atoms with E-state index in [1.54, 1.807) is 0 Å². The van der Waals surface area contributed by atoms with Gasteiger partial charge < -0.3 is 10.3 Å². The summed E-state index contributed by atoms with van der Waals surface area (Å²) in [5.41, 5.74) is 8.36. The van der Waals surface area contributed by atoms with Crippen LogP contribution in [0.1, 0.15) is 18.5 Å². The molecule has 0 saturated carbocycles. The Balaban J connectivity index is 2.80. The Morgan fingerprint density at radius 3 is 2.77 bits per heavy atom. The van der Waals surface area contributed by atoms with Gasteiger partial charge in [0.15, 0.2) is 0 Å². The quantitative estimate of drug-likeness (QED) is 0.706. The highest BCUT2D eigenvalue weighted by molar-refractivity contribution is 5.83. The molecule has 0 amide bonds. The van der Waals surface area contributed by atoms with Gasteiger partial charge in [-0.15, -0.1) is 0 Å². The maximum atomic E-state index is 5.89. The Morgan fingerprint density at radius 1 is 1.31 bits per heavy atom. The van der Waals surface area contributed by atoms with Gasteiger partial charge in [-0.05, 0) is 23.9 Å². The second-order valence-corrected chi connectivity index (χ2v) is 3.50. The van der Waals surface area contributed by atoms with Crippen LogP contribution < -0.4 is 5.73 Å². The minimum absolute atomic E-state index is 0.0947. The topological polar surface area (TPSA) is 30.9 Å². The lowest BCUT2D eigenvalue weighted by Crippen LogP contribution is -2.06. The van der Waals surface area contributed by atoms with E-state index in [0.29, 0.717) is 0 Å². The van der Waals surface area contributed by atoms with Crippen LogP contribution in [0.5, 0.6) is 0 Å². The van der Waals surface area contributed by atoms with Gasteiger partial charge in [0, 0.05) is 19.3 Å². The first-order valence-corrected chi connectivity index (χ1v) is 4.49. The minimum Gasteiger partial charge on any atom is -0.350 e. The van der Waals surface area contributed by atoms with Crippen molar-refractivity contribution >= 4 is 10.9 Å². The van der Waals surface area contributed by atoms with Crippen molar-refractivity contribution < 1.29 is 0 Å². The van der Waals surface area contributed by atoms with Crippen molar-refractivity contribution in [1.82, 2.24) is 4.57 Å². The smallest absolute Gasteiger partial charge is 0.0525 e. The normalized spacial score (nSPS) is 13.5. The number of nitrogens with two attached hydrogens (primary N) is 1. The molecule has 0 spiro atoms. The lowest BCUT2D eigenvalue weighted by atomic mass is 10.1. The number of para-hydroxylation sites is 1. The maximum absolute atomic E-state index is 5.89. The largest absolute Gasteiger partial charge is 0.350 e. The Hall–Kier alpha value is -1.28. The summed E-state index contributed by atoms with van der Waals surface area (Å²) in [6.07, 6.45) is 2.07. The number of hydrogen-bond donors (Lipinski definition) is 1. The molecule has 0 fully saturated rings. The van der Waals surface area contributed by atoms with Crippen molar-refractivity contribution in [3.8, 4) is 0 Å². The van der Waals surface area contributed by atoms with Crippen molar-refractivity contribution in [3.05, 3.63) is 36.0 Å². The summed E-state index contributed by atoms with van der Waals surface area (Å²) < 4.78 is 2.12. The monoisotopic (exact) mass is 174 g/mol. The molecule has 0 aliphatic carbocycles. The van der Waals surface area contributed by atoms with Crippen molar-refractivity contribution in [2.45, 2.75) is 13.0 Å². The van der Waals surface area contributed by atoms with Crippen LogP contribution in [0.15, 0.2) is 30.5 Å². The van der Waals surface area contributed by atoms with Crippen LogP contribution in [-0.2, 0) is 7.05 Å². The molecule has 0 aliphatic rings. The van der Waals surface area contributed by atoms with Crippen molar-refractivity contribution in [3.63, 3.8) is 0 Å². The summed E-state index contributed by atoms with van der Waals surface area (Å²) in [6, 6.07) is 8.47. The zero-order chi connectivity index (χ0) is 9.42. The fraction of sp³-hybridized carbons (Fsp3) is 0.273. The molecule has 2 N–H and O–H groups in total. The average molecular weight is 174 g/mol. The first-order valence-electron chi connectivity index (χ1n) is 4.49. The highest BCUT2D eigenvalue weighted by atomic mass is 14.9. The Kier molecular flexibility index (Phi) is 1.85. The number of benzene rings is 1. The van der Waals surface area contributed by atoms with Gasteiger partial charge in [-0.2, -0.15) is 0 Å². The van der Waals surface area contributed by atoms with E-state index in [0.717, 1.165) is 0 Å². The first kappa shape index (κ1) is 8.32. The lowest BCUT2D eigenvalue weighted by molar-refractivity contribution is 0.814. The van der Waals surface area contributed by atoms with Crippen LogP contribution in [0.3, 0.4) is 0 Å². The number of aromatic nitrogens is 1. The zero-order valence-electron chi connectivity index (χ0n) is 7.99. The van der Waals surface area contributed by atoms with Gasteiger partial charge in [0.1, 0.15) is 0 Å². The standard InChI is InChI=1S/C11H14N2/c1-8(12)10-5-3-4-9-6-7-13(2)11(9)10/h3-8H,12H2,1-2H3/t8-/m0/s1. The van der Waals surface area contributed by atoms with E-state index in [-0.39, 0.29) is 6.04 Å². The molecule has 1 heterocycles. The first-order chi connectivity index (χ1) is 6.20. The van der Waals surface area contributed by atoms with E-state index in [4.69, 9.17) is 5.73 Å². The molecule has 2 aromatic rings. The Morgan fingerprint density at radius 2 is 2.08 bits per heavy atom. The molecule has 2 nitrogen and oxygen atoms in total. The van der Waals surface area contributed by atoms with E-state index < -0.39 is 0 Å². The minimum atomic E-state index is 0.0947. The van der Waals surface area contributed by atoms with E-state index in [1.165, 1.54) is 16.5 Å². The van der Waals surface area contributed by atoms with Crippen LogP contribution in [0, 0.1) is 0 Å². The molecule has 0 unspecified atom stereocenters. The van der Waals surface area contributed by atoms with Gasteiger partial charge >= 0.3 is 0 Å². The summed E-state index contributed by atoms with van der Waals surface area (Å²) in [4.78, 5) is 0. The number of rotatable bonds is 1. The molecule has 13 heavy (non-hydrogen) atoms. The SMILES string of the molecule is C[C@H](N)c1cccc2ccn(C)c12. The van der Waals surface area contributed by atoms with Gasteiger partial charge in [-0.3, -0.25) is 0 Å². The summed E-state index contributed by atoms with van der Waals surface area (Å²) in [7, 11) is 2.05. The summed E-state index contributed by atoms with van der Waals surface area (Å²) >= 11 is 0. The maximum Gasteiger partial charge on any atom is 0.0525 e. The molecule has 2 heteroatoms. The van der Waals surface area contributed by atoms with Crippen molar-refractivity contribution in [2.75, 3.05) is 0 Å². The number of nitrogens with zero attached hydrogens (tertiary/aromatic N) is 1. The van der Waals surface area contributed by atoms with E-state index in [1.807, 2.05) is 14.0 Å². The lowest BCUT2D eigenvalue weighted by Gasteiger charge is -2.09. The molecule has 0 saturated heterocycles. The molecular weight excluding hydrogens is 160 g/mol. The van der Waals surface area contributed by atoms with Crippen LogP contribution in [0.2, 0.25) is 0 Å². The predicted molar refractivity (Wildman–Crippen MR) is 55.5 cm³/mol. The van der Waals surface area contributed by atoms with Crippen molar-refractivity contribution in [1.29, 1.82) is 0 Å². The van der Waals surface area contributed by atoms with E-state index in [9.17, 15) is 0 Å². The fourth-order valence-electron chi connectivity index (χ4n) is 1.76. The van der Waals surface area contributed by atoms with E-state index in [2.05, 4.69) is 35.0 Å². The third kappa shape index (κ3) is 1.23. The van der Waals surface area contributed by atoms with Gasteiger partial charge in [-0.25, -0.2) is 0 Å². The Labute approximate surface area is 78.0 Å². The van der Waals surface area contributed by atoms with Gasteiger partial charge in [0.25, 0.3) is 0 Å². The van der Waals surface area contributed by atoms with Crippen LogP contribution in [-0.4, -0.2) is 4.57 Å². The molecule has 1 atom stereocenters. The van der Waals surface area contributed by atoms with Crippen molar-refractivity contribution in [2.24, 2.45) is 12.8 Å². The number of fused-ring (bicyclic) bond motifs is 1. The fourth-order valence-corrected chi connectivity index (χ4v) is 1.76. The molecular formula is C11H14N2. The molecule has 0 radical (unpaired) electrons. The number of hydrogen-bond acceptors (Lipinski definition) is 1. The predicted octanol–water partition coefficient (Wildman–Crippen LogP) is 2.20. The molecule has 0 bridgehead atoms. The third-order valence-electron chi connectivity index (χ3n) is 2.42. The van der Waals surface area contributed by atoms with E-state index >= 15 is 0 Å².